The molecule has 0 fully saturated rings. The summed E-state index contributed by atoms with van der Waals surface area (Å²) in [5.41, 5.74) is 0.172. The van der Waals surface area contributed by atoms with Crippen LogP contribution in [0.3, 0.4) is 0 Å². The Morgan fingerprint density at radius 1 is 1.15 bits per heavy atom. The highest BCUT2D eigenvalue weighted by molar-refractivity contribution is 6.43. The second-order valence-corrected chi connectivity index (χ2v) is 7.96. The molecule has 4 N–H and O–H groups in total. The zero-order valence-corrected chi connectivity index (χ0v) is 17.5. The molecule has 0 radical (unpaired) electrons. The first-order valence-corrected chi connectivity index (χ1v) is 9.74. The topological polar surface area (TPSA) is 98.7 Å². The molecule has 0 bridgehead atoms. The third kappa shape index (κ3) is 7.33. The van der Waals surface area contributed by atoms with E-state index in [4.69, 9.17) is 23.2 Å². The van der Waals surface area contributed by atoms with Crippen LogP contribution in [0.15, 0.2) is 18.2 Å². The Hall–Kier alpha value is -1.28. The zero-order valence-electron chi connectivity index (χ0n) is 16.0. The van der Waals surface area contributed by atoms with Gasteiger partial charge in [-0.15, -0.1) is 0 Å². The Balaban J connectivity index is 2.99. The molecule has 1 aromatic carbocycles. The van der Waals surface area contributed by atoms with E-state index in [0.29, 0.717) is 17.9 Å². The van der Waals surface area contributed by atoms with Crippen molar-refractivity contribution in [1.82, 2.24) is 10.6 Å². The largest absolute Gasteiger partial charge is 0.475 e. The number of nitrogens with one attached hydrogen (secondary N) is 2. The Kier molecular flexibility index (Phi) is 9.60. The molecule has 1 aromatic rings. The standard InChI is InChI=1S/C18H27BCl2N2O4/c1-5-11(4)16(18(25)22-15(19(26)27)8-10(2)3)23-17(24)13-9-12(20)6-7-14(13)21/h6-7,9-11,15-16,26-27H,5,8H2,1-4H3,(H,22,25)(H,23,24)/t11-,15+,16+/m1/s1. The van der Waals surface area contributed by atoms with Crippen molar-refractivity contribution in [2.45, 2.75) is 52.5 Å². The Morgan fingerprint density at radius 2 is 1.78 bits per heavy atom. The highest BCUT2D eigenvalue weighted by atomic mass is 35.5. The molecule has 3 atom stereocenters. The fourth-order valence-electron chi connectivity index (χ4n) is 2.63. The van der Waals surface area contributed by atoms with Crippen LogP contribution < -0.4 is 10.6 Å². The maximum Gasteiger partial charge on any atom is 0.475 e. The van der Waals surface area contributed by atoms with Gasteiger partial charge in [-0.1, -0.05) is 57.3 Å². The average molecular weight is 417 g/mol. The molecule has 1 rings (SSSR count). The summed E-state index contributed by atoms with van der Waals surface area (Å²) in [6.07, 6.45) is 1.03. The molecular formula is C18H27BCl2N2O4. The SMILES string of the molecule is CC[C@@H](C)[C@H](NC(=O)c1cc(Cl)ccc1Cl)C(=O)N[C@@H](CC(C)C)B(O)O. The van der Waals surface area contributed by atoms with Crippen molar-refractivity contribution < 1.29 is 19.6 Å². The lowest BCUT2D eigenvalue weighted by atomic mass is 9.74. The number of carbonyl (C=O) groups excluding carboxylic acids is 2. The van der Waals surface area contributed by atoms with Crippen molar-refractivity contribution in [3.63, 3.8) is 0 Å². The van der Waals surface area contributed by atoms with Crippen molar-refractivity contribution in [2.75, 3.05) is 0 Å². The molecule has 0 saturated carbocycles. The van der Waals surface area contributed by atoms with Crippen LogP contribution >= 0.6 is 23.2 Å². The zero-order chi connectivity index (χ0) is 20.7. The second kappa shape index (κ2) is 10.9. The van der Waals surface area contributed by atoms with Crippen LogP contribution in [-0.2, 0) is 4.79 Å². The Morgan fingerprint density at radius 3 is 2.30 bits per heavy atom. The molecule has 9 heteroatoms. The second-order valence-electron chi connectivity index (χ2n) is 7.12. The van der Waals surface area contributed by atoms with Gasteiger partial charge in [0.05, 0.1) is 16.5 Å². The van der Waals surface area contributed by atoms with Gasteiger partial charge in [-0.3, -0.25) is 9.59 Å². The van der Waals surface area contributed by atoms with Gasteiger partial charge < -0.3 is 20.7 Å². The van der Waals surface area contributed by atoms with Gasteiger partial charge in [0.25, 0.3) is 5.91 Å². The fourth-order valence-corrected chi connectivity index (χ4v) is 3.00. The van der Waals surface area contributed by atoms with Gasteiger partial charge in [-0.05, 0) is 36.5 Å². The summed E-state index contributed by atoms with van der Waals surface area (Å²) in [6.45, 7) is 7.56. The molecule has 2 amide bonds. The molecule has 0 spiro atoms. The number of benzene rings is 1. The van der Waals surface area contributed by atoms with E-state index in [2.05, 4.69) is 10.6 Å². The van der Waals surface area contributed by atoms with Gasteiger partial charge >= 0.3 is 7.12 Å². The number of hydrogen-bond donors (Lipinski definition) is 4. The molecule has 0 unspecified atom stereocenters. The summed E-state index contributed by atoms with van der Waals surface area (Å²) in [4.78, 5) is 25.4. The van der Waals surface area contributed by atoms with Crippen molar-refractivity contribution in [2.24, 2.45) is 11.8 Å². The third-order valence-electron chi connectivity index (χ3n) is 4.37. The minimum Gasteiger partial charge on any atom is -0.426 e. The Bertz CT molecular complexity index is 658. The molecular weight excluding hydrogens is 390 g/mol. The smallest absolute Gasteiger partial charge is 0.426 e. The van der Waals surface area contributed by atoms with Crippen LogP contribution in [0, 0.1) is 11.8 Å². The first-order chi connectivity index (χ1) is 12.6. The van der Waals surface area contributed by atoms with E-state index in [-0.39, 0.29) is 22.4 Å². The van der Waals surface area contributed by atoms with Crippen molar-refractivity contribution in [3.05, 3.63) is 33.8 Å². The number of carbonyl (C=O) groups is 2. The lowest BCUT2D eigenvalue weighted by Crippen LogP contribution is -2.56. The van der Waals surface area contributed by atoms with Crippen LogP contribution in [0.5, 0.6) is 0 Å². The van der Waals surface area contributed by atoms with E-state index in [1.54, 1.807) is 6.07 Å². The van der Waals surface area contributed by atoms with Gasteiger partial charge in [0.2, 0.25) is 5.91 Å². The summed E-state index contributed by atoms with van der Waals surface area (Å²) < 4.78 is 0. The molecule has 0 heterocycles. The fraction of sp³-hybridized carbons (Fsp3) is 0.556. The van der Waals surface area contributed by atoms with E-state index in [1.807, 2.05) is 27.7 Å². The van der Waals surface area contributed by atoms with E-state index in [9.17, 15) is 19.6 Å². The van der Waals surface area contributed by atoms with Gasteiger partial charge in [0.15, 0.2) is 0 Å². The highest BCUT2D eigenvalue weighted by Gasteiger charge is 2.32. The molecule has 0 saturated heterocycles. The normalized spacial score (nSPS) is 14.4. The number of halogens is 2. The quantitative estimate of drug-likeness (QED) is 0.465. The van der Waals surface area contributed by atoms with E-state index < -0.39 is 30.9 Å². The number of rotatable bonds is 9. The minimum atomic E-state index is -1.69. The van der Waals surface area contributed by atoms with Crippen LogP contribution in [0.1, 0.15) is 50.9 Å². The van der Waals surface area contributed by atoms with Crippen molar-refractivity contribution in [1.29, 1.82) is 0 Å². The van der Waals surface area contributed by atoms with Crippen molar-refractivity contribution in [3.8, 4) is 0 Å². The van der Waals surface area contributed by atoms with Gasteiger partial charge in [0.1, 0.15) is 6.04 Å². The van der Waals surface area contributed by atoms with Crippen LogP contribution in [0.25, 0.3) is 0 Å². The summed E-state index contributed by atoms with van der Waals surface area (Å²) in [7, 11) is -1.69. The molecule has 27 heavy (non-hydrogen) atoms. The first kappa shape index (κ1) is 23.8. The predicted octanol–water partition coefficient (Wildman–Crippen LogP) is 2.68. The molecule has 0 aromatic heterocycles. The number of hydrogen-bond acceptors (Lipinski definition) is 4. The third-order valence-corrected chi connectivity index (χ3v) is 4.93. The van der Waals surface area contributed by atoms with E-state index in [1.165, 1.54) is 12.1 Å². The summed E-state index contributed by atoms with van der Waals surface area (Å²) in [5.74, 6) is -1.85. The average Bonchev–Trinajstić information content (AvgIpc) is 2.59. The first-order valence-electron chi connectivity index (χ1n) is 8.99. The molecule has 0 aliphatic heterocycles. The summed E-state index contributed by atoms with van der Waals surface area (Å²) in [5, 5.41) is 25.0. The minimum absolute atomic E-state index is 0.152. The van der Waals surface area contributed by atoms with Crippen molar-refractivity contribution >= 4 is 42.1 Å². The van der Waals surface area contributed by atoms with Crippen LogP contribution in [0.4, 0.5) is 0 Å². The van der Waals surface area contributed by atoms with E-state index >= 15 is 0 Å². The Labute approximate surface area is 170 Å². The maximum atomic E-state index is 12.8. The lowest BCUT2D eigenvalue weighted by molar-refractivity contribution is -0.124. The monoisotopic (exact) mass is 416 g/mol. The molecule has 6 nitrogen and oxygen atoms in total. The van der Waals surface area contributed by atoms with Crippen LogP contribution in [-0.4, -0.2) is 41.0 Å². The predicted molar refractivity (Wildman–Crippen MR) is 109 cm³/mol. The van der Waals surface area contributed by atoms with Gasteiger partial charge in [-0.25, -0.2) is 0 Å². The van der Waals surface area contributed by atoms with E-state index in [0.717, 1.165) is 0 Å². The van der Waals surface area contributed by atoms with Crippen LogP contribution in [0.2, 0.25) is 10.0 Å². The highest BCUT2D eigenvalue weighted by Crippen LogP contribution is 2.21. The summed E-state index contributed by atoms with van der Waals surface area (Å²) >= 11 is 12.0. The number of amides is 2. The lowest BCUT2D eigenvalue weighted by Gasteiger charge is -2.27. The van der Waals surface area contributed by atoms with Gasteiger partial charge in [-0.2, -0.15) is 0 Å². The van der Waals surface area contributed by atoms with Gasteiger partial charge in [0, 0.05) is 5.02 Å². The molecule has 150 valence electrons. The molecule has 0 aliphatic rings. The molecule has 0 aliphatic carbocycles. The summed E-state index contributed by atoms with van der Waals surface area (Å²) in [6, 6.07) is 3.66. The maximum absolute atomic E-state index is 12.8.